The maximum atomic E-state index is 6.30. The Morgan fingerprint density at radius 2 is 2.08 bits per heavy atom. The highest BCUT2D eigenvalue weighted by molar-refractivity contribution is 7.21. The van der Waals surface area contributed by atoms with Crippen molar-refractivity contribution in [2.45, 2.75) is 13.5 Å². The van der Waals surface area contributed by atoms with Gasteiger partial charge in [-0.3, -0.25) is 10.7 Å². The van der Waals surface area contributed by atoms with Crippen molar-refractivity contribution >= 4 is 37.6 Å². The Hall–Kier alpha value is -2.66. The van der Waals surface area contributed by atoms with Gasteiger partial charge in [0.1, 0.15) is 17.8 Å². The number of fused-ring (bicyclic) bond motifs is 2. The van der Waals surface area contributed by atoms with Crippen molar-refractivity contribution in [2.75, 3.05) is 12.8 Å². The minimum absolute atomic E-state index is 0.702. The van der Waals surface area contributed by atoms with Crippen LogP contribution in [0.15, 0.2) is 48.7 Å². The topological polar surface area (TPSA) is 52.0 Å². The van der Waals surface area contributed by atoms with E-state index in [0.29, 0.717) is 6.54 Å². The van der Waals surface area contributed by atoms with E-state index in [-0.39, 0.29) is 0 Å². The zero-order valence-electron chi connectivity index (χ0n) is 13.6. The molecular weight excluding hydrogens is 318 g/mol. The average Bonchev–Trinajstić information content (AvgIpc) is 2.89. The number of hydrogen-bond donors (Lipinski definition) is 1. The molecule has 5 heteroatoms. The summed E-state index contributed by atoms with van der Waals surface area (Å²) < 4.78 is 8.57. The number of pyridine rings is 1. The van der Waals surface area contributed by atoms with Crippen molar-refractivity contribution in [3.05, 3.63) is 59.8 Å². The van der Waals surface area contributed by atoms with E-state index in [2.05, 4.69) is 40.7 Å². The SMILES string of the molecule is COc1ccc2c(c1)sc(N)[n+]2Cc1cc(C)cc2cccnc12. The van der Waals surface area contributed by atoms with Crippen LogP contribution in [-0.4, -0.2) is 12.1 Å². The molecule has 0 saturated heterocycles. The fourth-order valence-electron chi connectivity index (χ4n) is 3.10. The highest BCUT2D eigenvalue weighted by atomic mass is 32.1. The molecule has 2 aromatic carbocycles. The Balaban J connectivity index is 1.87. The second kappa shape index (κ2) is 5.76. The van der Waals surface area contributed by atoms with Crippen LogP contribution in [0.4, 0.5) is 5.13 Å². The number of methoxy groups -OCH3 is 1. The fraction of sp³-hybridized carbons (Fsp3) is 0.158. The zero-order chi connectivity index (χ0) is 16.7. The van der Waals surface area contributed by atoms with Gasteiger partial charge in [-0.1, -0.05) is 6.07 Å². The lowest BCUT2D eigenvalue weighted by molar-refractivity contribution is -0.643. The molecule has 2 aromatic heterocycles. The number of ether oxygens (including phenoxy) is 1. The molecule has 24 heavy (non-hydrogen) atoms. The van der Waals surface area contributed by atoms with Gasteiger partial charge in [-0.15, -0.1) is 0 Å². The molecule has 0 saturated carbocycles. The highest BCUT2D eigenvalue weighted by Crippen LogP contribution is 2.27. The van der Waals surface area contributed by atoms with Crippen molar-refractivity contribution < 1.29 is 9.30 Å². The quantitative estimate of drug-likeness (QED) is 0.581. The number of anilines is 1. The standard InChI is InChI=1S/C19H17N3OS/c1-12-8-13-4-3-7-21-18(13)14(9-12)11-22-16-6-5-15(23-2)10-17(16)24-19(22)20/h3-10,20H,11H2,1-2H3/p+1. The van der Waals surface area contributed by atoms with Crippen LogP contribution in [0.25, 0.3) is 21.1 Å². The highest BCUT2D eigenvalue weighted by Gasteiger charge is 2.17. The number of nitrogens with zero attached hydrogens (tertiary/aromatic N) is 2. The molecule has 0 radical (unpaired) electrons. The second-order valence-electron chi connectivity index (χ2n) is 5.86. The summed E-state index contributed by atoms with van der Waals surface area (Å²) in [6, 6.07) is 14.5. The molecule has 2 heterocycles. The Morgan fingerprint density at radius 3 is 2.92 bits per heavy atom. The summed E-state index contributed by atoms with van der Waals surface area (Å²) in [6.07, 6.45) is 1.84. The number of aryl methyl sites for hydroxylation is 1. The van der Waals surface area contributed by atoms with Crippen molar-refractivity contribution in [3.63, 3.8) is 0 Å². The smallest absolute Gasteiger partial charge is 0.333 e. The number of nitrogen functional groups attached to an aromatic ring is 1. The summed E-state index contributed by atoms with van der Waals surface area (Å²) in [6.45, 7) is 2.81. The molecule has 120 valence electrons. The molecule has 4 nitrogen and oxygen atoms in total. The minimum atomic E-state index is 0.702. The lowest BCUT2D eigenvalue weighted by Crippen LogP contribution is -2.35. The molecule has 0 aliphatic carbocycles. The third kappa shape index (κ3) is 2.47. The number of aromatic nitrogens is 2. The van der Waals surface area contributed by atoms with Gasteiger partial charge in [-0.2, -0.15) is 0 Å². The van der Waals surface area contributed by atoms with Gasteiger partial charge in [0.15, 0.2) is 0 Å². The Kier molecular flexibility index (Phi) is 3.58. The Bertz CT molecular complexity index is 1060. The largest absolute Gasteiger partial charge is 0.497 e. The summed E-state index contributed by atoms with van der Waals surface area (Å²) in [7, 11) is 1.68. The third-order valence-corrected chi connectivity index (χ3v) is 5.17. The first-order chi connectivity index (χ1) is 11.7. The van der Waals surface area contributed by atoms with Crippen LogP contribution < -0.4 is 15.0 Å². The zero-order valence-corrected chi connectivity index (χ0v) is 14.4. The third-order valence-electron chi connectivity index (χ3n) is 4.19. The number of rotatable bonds is 3. The van der Waals surface area contributed by atoms with Gasteiger partial charge in [0.05, 0.1) is 17.3 Å². The predicted molar refractivity (Wildman–Crippen MR) is 98.6 cm³/mol. The minimum Gasteiger partial charge on any atom is -0.497 e. The Morgan fingerprint density at radius 1 is 1.21 bits per heavy atom. The van der Waals surface area contributed by atoms with E-state index in [1.807, 2.05) is 24.4 Å². The van der Waals surface area contributed by atoms with E-state index < -0.39 is 0 Å². The lowest BCUT2D eigenvalue weighted by atomic mass is 10.1. The molecule has 0 aliphatic heterocycles. The van der Waals surface area contributed by atoms with E-state index in [0.717, 1.165) is 32.0 Å². The fourth-order valence-corrected chi connectivity index (χ4v) is 4.06. The maximum Gasteiger partial charge on any atom is 0.333 e. The molecule has 0 bridgehead atoms. The van der Waals surface area contributed by atoms with Crippen LogP contribution >= 0.6 is 11.3 Å². The number of hydrogen-bond acceptors (Lipinski definition) is 4. The number of thiazole rings is 1. The molecule has 0 spiro atoms. The molecule has 0 fully saturated rings. The number of nitrogens with two attached hydrogens (primary N) is 1. The van der Waals surface area contributed by atoms with E-state index in [1.165, 1.54) is 11.1 Å². The van der Waals surface area contributed by atoms with Crippen molar-refractivity contribution in [3.8, 4) is 5.75 Å². The van der Waals surface area contributed by atoms with E-state index in [4.69, 9.17) is 10.5 Å². The van der Waals surface area contributed by atoms with E-state index in [9.17, 15) is 0 Å². The number of benzene rings is 2. The van der Waals surface area contributed by atoms with Gasteiger partial charge in [-0.25, -0.2) is 4.57 Å². The summed E-state index contributed by atoms with van der Waals surface area (Å²) in [4.78, 5) is 4.57. The molecule has 0 amide bonds. The van der Waals surface area contributed by atoms with Crippen LogP contribution in [0.1, 0.15) is 11.1 Å². The van der Waals surface area contributed by atoms with Crippen LogP contribution in [0.3, 0.4) is 0 Å². The van der Waals surface area contributed by atoms with E-state index >= 15 is 0 Å². The van der Waals surface area contributed by atoms with Crippen LogP contribution in [0.2, 0.25) is 0 Å². The van der Waals surface area contributed by atoms with Gasteiger partial charge in [0.25, 0.3) is 0 Å². The van der Waals surface area contributed by atoms with Gasteiger partial charge in [-0.05, 0) is 54.2 Å². The van der Waals surface area contributed by atoms with Crippen LogP contribution in [0, 0.1) is 6.92 Å². The molecule has 2 N–H and O–H groups in total. The molecule has 0 aliphatic rings. The van der Waals surface area contributed by atoms with Gasteiger partial charge < -0.3 is 4.74 Å². The van der Waals surface area contributed by atoms with Gasteiger partial charge >= 0.3 is 5.13 Å². The average molecular weight is 336 g/mol. The summed E-state index contributed by atoms with van der Waals surface area (Å²) >= 11 is 1.58. The molecule has 4 aromatic rings. The van der Waals surface area contributed by atoms with Crippen molar-refractivity contribution in [2.24, 2.45) is 0 Å². The Labute approximate surface area is 144 Å². The van der Waals surface area contributed by atoms with Crippen molar-refractivity contribution in [1.29, 1.82) is 0 Å². The molecular formula is C19H18N3OS+. The summed E-state index contributed by atoms with van der Waals surface area (Å²) in [5, 5.41) is 1.94. The summed E-state index contributed by atoms with van der Waals surface area (Å²) in [5.74, 6) is 0.846. The van der Waals surface area contributed by atoms with Crippen LogP contribution in [0.5, 0.6) is 5.75 Å². The molecule has 0 atom stereocenters. The predicted octanol–water partition coefficient (Wildman–Crippen LogP) is 3.68. The van der Waals surface area contributed by atoms with Crippen molar-refractivity contribution in [1.82, 2.24) is 4.98 Å². The van der Waals surface area contributed by atoms with Gasteiger partial charge in [0.2, 0.25) is 0 Å². The van der Waals surface area contributed by atoms with Crippen LogP contribution in [-0.2, 0) is 6.54 Å². The summed E-state index contributed by atoms with van der Waals surface area (Å²) in [5.41, 5.74) is 10.8. The van der Waals surface area contributed by atoms with E-state index in [1.54, 1.807) is 18.4 Å². The second-order valence-corrected chi connectivity index (χ2v) is 6.92. The monoisotopic (exact) mass is 336 g/mol. The first-order valence-electron chi connectivity index (χ1n) is 7.76. The normalized spacial score (nSPS) is 11.2. The molecule has 4 rings (SSSR count). The maximum absolute atomic E-state index is 6.30. The molecule has 0 unspecified atom stereocenters. The first kappa shape index (κ1) is 14.9. The first-order valence-corrected chi connectivity index (χ1v) is 8.57. The lowest BCUT2D eigenvalue weighted by Gasteiger charge is -2.07. The van der Waals surface area contributed by atoms with Gasteiger partial charge in [0, 0.05) is 23.2 Å².